The Kier molecular flexibility index (Phi) is 4.52. The number of phenolic OH excluding ortho intramolecular Hbond substituents is 2. The molecule has 0 unspecified atom stereocenters. The molecular weight excluding hydrogens is 320 g/mol. The Bertz CT molecular complexity index is 967. The van der Waals surface area contributed by atoms with Crippen LogP contribution < -0.4 is 10.2 Å². The van der Waals surface area contributed by atoms with E-state index in [1.807, 2.05) is 24.3 Å². The van der Waals surface area contributed by atoms with Gasteiger partial charge in [-0.1, -0.05) is 30.3 Å². The molecule has 3 aromatic carbocycles. The summed E-state index contributed by atoms with van der Waals surface area (Å²) in [5, 5.41) is 25.5. The van der Waals surface area contributed by atoms with Gasteiger partial charge in [0.1, 0.15) is 5.75 Å². The number of carbonyl (C=O) groups is 1. The molecule has 0 aliphatic rings. The van der Waals surface area contributed by atoms with E-state index in [0.717, 1.165) is 10.8 Å². The molecule has 0 fully saturated rings. The molecule has 0 saturated carbocycles. The molecule has 0 aliphatic carbocycles. The largest absolute Gasteiger partial charge is 0.507 e. The van der Waals surface area contributed by atoms with Crippen molar-refractivity contribution in [2.24, 2.45) is 5.10 Å². The number of para-hydroxylation sites is 1. The van der Waals surface area contributed by atoms with Gasteiger partial charge in [0.15, 0.2) is 11.5 Å². The molecule has 0 aliphatic heterocycles. The SMILES string of the molecule is COc1cccc(C=NNC(=O)c2cc3ccccc3cc2O)c1O. The quantitative estimate of drug-likeness (QED) is 0.504. The first-order chi connectivity index (χ1) is 12.1. The van der Waals surface area contributed by atoms with Gasteiger partial charge < -0.3 is 14.9 Å². The van der Waals surface area contributed by atoms with Crippen molar-refractivity contribution < 1.29 is 19.7 Å². The topological polar surface area (TPSA) is 91.2 Å². The van der Waals surface area contributed by atoms with Crippen molar-refractivity contribution in [1.82, 2.24) is 5.43 Å². The van der Waals surface area contributed by atoms with Crippen molar-refractivity contribution in [3.8, 4) is 17.2 Å². The van der Waals surface area contributed by atoms with E-state index in [1.54, 1.807) is 24.3 Å². The van der Waals surface area contributed by atoms with E-state index in [2.05, 4.69) is 10.5 Å². The second-order valence-corrected chi connectivity index (χ2v) is 5.31. The average Bonchev–Trinajstić information content (AvgIpc) is 2.62. The van der Waals surface area contributed by atoms with Gasteiger partial charge in [0, 0.05) is 5.56 Å². The van der Waals surface area contributed by atoms with Crippen LogP contribution in [-0.4, -0.2) is 29.4 Å². The number of ether oxygens (including phenoxy) is 1. The van der Waals surface area contributed by atoms with E-state index in [-0.39, 0.29) is 17.1 Å². The summed E-state index contributed by atoms with van der Waals surface area (Å²) in [4.78, 5) is 12.2. The fourth-order valence-corrected chi connectivity index (χ4v) is 2.44. The molecule has 3 aromatic rings. The Hall–Kier alpha value is -3.54. The lowest BCUT2D eigenvalue weighted by Crippen LogP contribution is -2.17. The minimum Gasteiger partial charge on any atom is -0.507 e. The molecular formula is C19H16N2O4. The zero-order valence-corrected chi connectivity index (χ0v) is 13.4. The molecule has 0 atom stereocenters. The Morgan fingerprint density at radius 1 is 1.08 bits per heavy atom. The number of rotatable bonds is 4. The maximum atomic E-state index is 12.2. The monoisotopic (exact) mass is 336 g/mol. The van der Waals surface area contributed by atoms with Crippen molar-refractivity contribution in [3.63, 3.8) is 0 Å². The summed E-state index contributed by atoms with van der Waals surface area (Å²) in [5.74, 6) is -0.448. The van der Waals surface area contributed by atoms with E-state index in [1.165, 1.54) is 19.4 Å². The van der Waals surface area contributed by atoms with E-state index in [4.69, 9.17) is 4.74 Å². The second-order valence-electron chi connectivity index (χ2n) is 5.31. The van der Waals surface area contributed by atoms with Gasteiger partial charge in [0.05, 0.1) is 18.9 Å². The van der Waals surface area contributed by atoms with E-state index < -0.39 is 5.91 Å². The average molecular weight is 336 g/mol. The summed E-state index contributed by atoms with van der Waals surface area (Å²) in [7, 11) is 1.44. The molecule has 0 bridgehead atoms. The van der Waals surface area contributed by atoms with Crippen molar-refractivity contribution in [1.29, 1.82) is 0 Å². The highest BCUT2D eigenvalue weighted by molar-refractivity contribution is 6.01. The van der Waals surface area contributed by atoms with Crippen LogP contribution in [0.5, 0.6) is 17.2 Å². The molecule has 0 heterocycles. The Balaban J connectivity index is 1.80. The molecule has 126 valence electrons. The molecule has 1 amide bonds. The van der Waals surface area contributed by atoms with Gasteiger partial charge in [-0.15, -0.1) is 0 Å². The van der Waals surface area contributed by atoms with Crippen molar-refractivity contribution >= 4 is 22.9 Å². The number of benzene rings is 3. The van der Waals surface area contributed by atoms with Crippen LogP contribution in [0.2, 0.25) is 0 Å². The van der Waals surface area contributed by atoms with Crippen LogP contribution in [0.25, 0.3) is 10.8 Å². The van der Waals surface area contributed by atoms with Crippen LogP contribution in [0.3, 0.4) is 0 Å². The number of fused-ring (bicyclic) bond motifs is 1. The van der Waals surface area contributed by atoms with E-state index in [9.17, 15) is 15.0 Å². The molecule has 0 radical (unpaired) electrons. The fraction of sp³-hybridized carbons (Fsp3) is 0.0526. The smallest absolute Gasteiger partial charge is 0.275 e. The molecule has 0 aromatic heterocycles. The molecule has 6 nitrogen and oxygen atoms in total. The summed E-state index contributed by atoms with van der Waals surface area (Å²) < 4.78 is 5.01. The highest BCUT2D eigenvalue weighted by Gasteiger charge is 2.12. The molecule has 25 heavy (non-hydrogen) atoms. The van der Waals surface area contributed by atoms with Gasteiger partial charge in [-0.3, -0.25) is 4.79 Å². The van der Waals surface area contributed by atoms with Crippen molar-refractivity contribution in [3.05, 3.63) is 65.7 Å². The number of nitrogens with zero attached hydrogens (tertiary/aromatic N) is 1. The maximum Gasteiger partial charge on any atom is 0.275 e. The summed E-state index contributed by atoms with van der Waals surface area (Å²) >= 11 is 0. The predicted octanol–water partition coefficient (Wildman–Crippen LogP) is 3.02. The lowest BCUT2D eigenvalue weighted by atomic mass is 10.1. The first-order valence-electron chi connectivity index (χ1n) is 7.51. The second kappa shape index (κ2) is 6.92. The van der Waals surface area contributed by atoms with Crippen LogP contribution in [-0.2, 0) is 0 Å². The number of aromatic hydroxyl groups is 2. The number of carbonyl (C=O) groups excluding carboxylic acids is 1. The minimum atomic E-state index is -0.554. The van der Waals surface area contributed by atoms with E-state index >= 15 is 0 Å². The maximum absolute atomic E-state index is 12.2. The van der Waals surface area contributed by atoms with Gasteiger partial charge in [0.25, 0.3) is 5.91 Å². The molecule has 0 saturated heterocycles. The van der Waals surface area contributed by atoms with Crippen LogP contribution >= 0.6 is 0 Å². The Labute approximate surface area is 144 Å². The highest BCUT2D eigenvalue weighted by Crippen LogP contribution is 2.28. The summed E-state index contributed by atoms with van der Waals surface area (Å²) in [6.45, 7) is 0. The number of methoxy groups -OCH3 is 1. The third-order valence-corrected chi connectivity index (χ3v) is 3.73. The van der Waals surface area contributed by atoms with Gasteiger partial charge in [-0.25, -0.2) is 5.43 Å². The van der Waals surface area contributed by atoms with Crippen LogP contribution in [0.15, 0.2) is 59.7 Å². The molecule has 3 rings (SSSR count). The fourth-order valence-electron chi connectivity index (χ4n) is 2.44. The van der Waals surface area contributed by atoms with Gasteiger partial charge in [-0.05, 0) is 35.0 Å². The number of hydrazone groups is 1. The molecule has 3 N–H and O–H groups in total. The van der Waals surface area contributed by atoms with Crippen molar-refractivity contribution in [2.45, 2.75) is 0 Å². The Morgan fingerprint density at radius 2 is 1.80 bits per heavy atom. The normalized spacial score (nSPS) is 10.9. The highest BCUT2D eigenvalue weighted by atomic mass is 16.5. The van der Waals surface area contributed by atoms with Crippen molar-refractivity contribution in [2.75, 3.05) is 7.11 Å². The summed E-state index contributed by atoms with van der Waals surface area (Å²) in [6, 6.07) is 15.5. The van der Waals surface area contributed by atoms with Crippen LogP contribution in [0.4, 0.5) is 0 Å². The predicted molar refractivity (Wildman–Crippen MR) is 95.3 cm³/mol. The number of amides is 1. The zero-order chi connectivity index (χ0) is 17.8. The third kappa shape index (κ3) is 3.37. The van der Waals surface area contributed by atoms with Gasteiger partial charge in [0.2, 0.25) is 0 Å². The number of nitrogens with one attached hydrogen (secondary N) is 1. The molecule has 0 spiro atoms. The first kappa shape index (κ1) is 16.3. The first-order valence-corrected chi connectivity index (χ1v) is 7.51. The summed E-state index contributed by atoms with van der Waals surface area (Å²) in [5.41, 5.74) is 2.84. The standard InChI is InChI=1S/C19H16N2O4/c1-25-17-8-4-7-14(18(17)23)11-20-21-19(24)15-9-12-5-2-3-6-13(12)10-16(15)22/h2-11,22-23H,1H3,(H,21,24). The number of phenols is 2. The number of hydrogen-bond donors (Lipinski definition) is 3. The van der Waals surface area contributed by atoms with Gasteiger partial charge in [-0.2, -0.15) is 5.10 Å². The lowest BCUT2D eigenvalue weighted by Gasteiger charge is -2.06. The van der Waals surface area contributed by atoms with Gasteiger partial charge >= 0.3 is 0 Å². The zero-order valence-electron chi connectivity index (χ0n) is 13.4. The summed E-state index contributed by atoms with van der Waals surface area (Å²) in [6.07, 6.45) is 1.30. The van der Waals surface area contributed by atoms with E-state index in [0.29, 0.717) is 11.3 Å². The van der Waals surface area contributed by atoms with Crippen LogP contribution in [0.1, 0.15) is 15.9 Å². The third-order valence-electron chi connectivity index (χ3n) is 3.73. The number of hydrogen-bond acceptors (Lipinski definition) is 5. The molecule has 6 heteroatoms. The minimum absolute atomic E-state index is 0.0726. The lowest BCUT2D eigenvalue weighted by molar-refractivity contribution is 0.0952. The van der Waals surface area contributed by atoms with Crippen LogP contribution in [0, 0.1) is 0 Å². The Morgan fingerprint density at radius 3 is 2.52 bits per heavy atom.